The molecule has 2 heterocycles. The Morgan fingerprint density at radius 2 is 2.22 bits per heavy atom. The van der Waals surface area contributed by atoms with Crippen LogP contribution in [0.1, 0.15) is 24.2 Å². The van der Waals surface area contributed by atoms with Crippen LogP contribution < -0.4 is 11.3 Å². The van der Waals surface area contributed by atoms with Crippen LogP contribution in [0.5, 0.6) is 0 Å². The average molecular weight is 266 g/mol. The Balaban J connectivity index is 2.77. The topological polar surface area (TPSA) is 74.3 Å². The molecule has 0 aliphatic rings. The van der Waals surface area contributed by atoms with Gasteiger partial charge in [0, 0.05) is 23.5 Å². The zero-order chi connectivity index (χ0) is 13.3. The van der Waals surface area contributed by atoms with E-state index in [9.17, 15) is 9.59 Å². The van der Waals surface area contributed by atoms with Crippen molar-refractivity contribution in [3.63, 3.8) is 0 Å². The summed E-state index contributed by atoms with van der Waals surface area (Å²) in [6.45, 7) is 4.36. The summed E-state index contributed by atoms with van der Waals surface area (Å²) in [6, 6.07) is 0. The molecule has 2 aromatic heterocycles. The summed E-state index contributed by atoms with van der Waals surface area (Å²) in [5, 5.41) is 3.14. The number of pyridine rings is 1. The van der Waals surface area contributed by atoms with Gasteiger partial charge in [-0.25, -0.2) is 4.79 Å². The number of rotatable bonds is 3. The Hall–Kier alpha value is -1.82. The van der Waals surface area contributed by atoms with Gasteiger partial charge in [0.15, 0.2) is 0 Å². The first-order valence-electron chi connectivity index (χ1n) is 5.67. The van der Waals surface area contributed by atoms with Crippen molar-refractivity contribution in [1.82, 2.24) is 4.57 Å². The molecular formula is C12H14N2O3S. The van der Waals surface area contributed by atoms with E-state index >= 15 is 0 Å². The smallest absolute Gasteiger partial charge is 0.340 e. The van der Waals surface area contributed by atoms with E-state index in [-0.39, 0.29) is 5.56 Å². The highest BCUT2D eigenvalue weighted by Gasteiger charge is 2.18. The average Bonchev–Trinajstić information content (AvgIpc) is 2.73. The second kappa shape index (κ2) is 4.81. The molecule has 2 rings (SSSR count). The summed E-state index contributed by atoms with van der Waals surface area (Å²) in [5.74, 6) is -0.428. The molecule has 0 bridgehead atoms. The lowest BCUT2D eigenvalue weighted by molar-refractivity contribution is 0.0527. The quantitative estimate of drug-likeness (QED) is 0.860. The normalized spacial score (nSPS) is 10.8. The second-order valence-corrected chi connectivity index (χ2v) is 4.65. The first-order valence-corrected chi connectivity index (χ1v) is 6.55. The van der Waals surface area contributed by atoms with E-state index in [1.165, 1.54) is 22.1 Å². The van der Waals surface area contributed by atoms with Crippen LogP contribution in [0.25, 0.3) is 10.8 Å². The maximum absolute atomic E-state index is 12.1. The number of anilines is 1. The third-order valence-corrected chi connectivity index (χ3v) is 3.52. The minimum absolute atomic E-state index is 0.167. The number of hydrogen-bond acceptors (Lipinski definition) is 5. The van der Waals surface area contributed by atoms with Crippen LogP contribution in [-0.4, -0.2) is 17.1 Å². The number of carbonyl (C=O) groups excluding carboxylic acids is 1. The van der Waals surface area contributed by atoms with Gasteiger partial charge in [-0.3, -0.25) is 4.79 Å². The van der Waals surface area contributed by atoms with Crippen LogP contribution in [0.3, 0.4) is 0 Å². The van der Waals surface area contributed by atoms with Crippen LogP contribution in [0.2, 0.25) is 0 Å². The third-order valence-electron chi connectivity index (χ3n) is 2.71. The van der Waals surface area contributed by atoms with Crippen LogP contribution in [-0.2, 0) is 11.3 Å². The summed E-state index contributed by atoms with van der Waals surface area (Å²) in [5.41, 5.74) is 6.02. The summed E-state index contributed by atoms with van der Waals surface area (Å²) >= 11 is 1.26. The van der Waals surface area contributed by atoms with E-state index in [1.54, 1.807) is 12.3 Å². The van der Waals surface area contributed by atoms with Gasteiger partial charge in [-0.15, -0.1) is 11.3 Å². The Kier molecular flexibility index (Phi) is 3.38. The lowest BCUT2D eigenvalue weighted by Crippen LogP contribution is -2.21. The zero-order valence-electron chi connectivity index (χ0n) is 10.2. The number of aryl methyl sites for hydroxylation is 1. The number of nitrogens with zero attached hydrogens (tertiary/aromatic N) is 1. The maximum atomic E-state index is 12.1. The molecule has 0 atom stereocenters. The van der Waals surface area contributed by atoms with Gasteiger partial charge in [-0.05, 0) is 13.8 Å². The summed E-state index contributed by atoms with van der Waals surface area (Å²) in [4.78, 5) is 24.0. The van der Waals surface area contributed by atoms with Gasteiger partial charge >= 0.3 is 5.97 Å². The number of aromatic nitrogens is 1. The number of nitrogen functional groups attached to an aromatic ring is 1. The van der Waals surface area contributed by atoms with Gasteiger partial charge in [0.25, 0.3) is 5.56 Å². The predicted molar refractivity (Wildman–Crippen MR) is 72.1 cm³/mol. The van der Waals surface area contributed by atoms with Gasteiger partial charge < -0.3 is 15.0 Å². The fourth-order valence-electron chi connectivity index (χ4n) is 1.83. The minimum atomic E-state index is -0.428. The SMILES string of the molecule is CCOC(=O)c1cn(CC)c(=O)c2c(N)scc12. The van der Waals surface area contributed by atoms with Crippen LogP contribution >= 0.6 is 11.3 Å². The molecule has 96 valence electrons. The highest BCUT2D eigenvalue weighted by Crippen LogP contribution is 2.28. The van der Waals surface area contributed by atoms with E-state index in [2.05, 4.69) is 0 Å². The minimum Gasteiger partial charge on any atom is -0.462 e. The Morgan fingerprint density at radius 1 is 1.50 bits per heavy atom. The van der Waals surface area contributed by atoms with Crippen molar-refractivity contribution < 1.29 is 9.53 Å². The lowest BCUT2D eigenvalue weighted by atomic mass is 10.1. The molecule has 6 heteroatoms. The van der Waals surface area contributed by atoms with Crippen molar-refractivity contribution in [2.45, 2.75) is 20.4 Å². The predicted octanol–water partition coefficient (Wildman–Crippen LogP) is 1.84. The fraction of sp³-hybridized carbons (Fsp3) is 0.333. The van der Waals surface area contributed by atoms with Crippen molar-refractivity contribution >= 4 is 33.1 Å². The molecule has 0 spiro atoms. The monoisotopic (exact) mass is 266 g/mol. The molecule has 0 radical (unpaired) electrons. The second-order valence-electron chi connectivity index (χ2n) is 3.74. The zero-order valence-corrected chi connectivity index (χ0v) is 11.0. The molecule has 18 heavy (non-hydrogen) atoms. The Bertz CT molecular complexity index is 657. The van der Waals surface area contributed by atoms with Gasteiger partial charge in [-0.2, -0.15) is 0 Å². The summed E-state index contributed by atoms with van der Waals surface area (Å²) < 4.78 is 6.46. The molecule has 0 saturated carbocycles. The van der Waals surface area contributed by atoms with Gasteiger partial charge in [0.1, 0.15) is 0 Å². The highest BCUT2D eigenvalue weighted by atomic mass is 32.1. The molecule has 2 N–H and O–H groups in total. The van der Waals surface area contributed by atoms with Crippen molar-refractivity contribution in [1.29, 1.82) is 0 Å². The Morgan fingerprint density at radius 3 is 2.83 bits per heavy atom. The molecule has 0 aromatic carbocycles. The summed E-state index contributed by atoms with van der Waals surface area (Å²) in [6.07, 6.45) is 1.54. The number of fused-ring (bicyclic) bond motifs is 1. The van der Waals surface area contributed by atoms with Crippen molar-refractivity contribution in [3.8, 4) is 0 Å². The van der Waals surface area contributed by atoms with Gasteiger partial charge in [0.05, 0.1) is 22.6 Å². The fourth-order valence-corrected chi connectivity index (χ4v) is 2.63. The van der Waals surface area contributed by atoms with E-state index < -0.39 is 5.97 Å². The number of carbonyl (C=O) groups is 1. The van der Waals surface area contributed by atoms with Crippen LogP contribution in [0.15, 0.2) is 16.4 Å². The molecule has 0 saturated heterocycles. The molecule has 0 aliphatic carbocycles. The van der Waals surface area contributed by atoms with E-state index in [0.29, 0.717) is 34.5 Å². The molecule has 0 fully saturated rings. The first-order chi connectivity index (χ1) is 8.60. The van der Waals surface area contributed by atoms with Gasteiger partial charge in [0.2, 0.25) is 0 Å². The van der Waals surface area contributed by atoms with E-state index in [4.69, 9.17) is 10.5 Å². The molecular weight excluding hydrogens is 252 g/mol. The molecule has 0 amide bonds. The Labute approximate surface area is 108 Å². The maximum Gasteiger partial charge on any atom is 0.340 e. The molecule has 5 nitrogen and oxygen atoms in total. The van der Waals surface area contributed by atoms with E-state index in [0.717, 1.165) is 0 Å². The van der Waals surface area contributed by atoms with Crippen molar-refractivity contribution in [2.24, 2.45) is 0 Å². The number of hydrogen-bond donors (Lipinski definition) is 1. The largest absolute Gasteiger partial charge is 0.462 e. The number of esters is 1. The summed E-state index contributed by atoms with van der Waals surface area (Å²) in [7, 11) is 0. The van der Waals surface area contributed by atoms with E-state index in [1.807, 2.05) is 6.92 Å². The number of ether oxygens (including phenoxy) is 1. The highest BCUT2D eigenvalue weighted by molar-refractivity contribution is 7.15. The number of thiophene rings is 1. The standard InChI is InChI=1S/C12H14N2O3S/c1-3-14-5-7(12(16)17-4-2)8-6-18-10(13)9(8)11(14)15/h5-6H,3-4,13H2,1-2H3. The molecule has 0 aliphatic heterocycles. The van der Waals surface area contributed by atoms with Crippen LogP contribution in [0, 0.1) is 0 Å². The molecule has 2 aromatic rings. The van der Waals surface area contributed by atoms with Gasteiger partial charge in [-0.1, -0.05) is 0 Å². The van der Waals surface area contributed by atoms with Crippen LogP contribution in [0.4, 0.5) is 5.00 Å². The number of nitrogens with two attached hydrogens (primary N) is 1. The van der Waals surface area contributed by atoms with Crippen molar-refractivity contribution in [2.75, 3.05) is 12.3 Å². The first kappa shape index (κ1) is 12.6. The molecule has 0 unspecified atom stereocenters. The third kappa shape index (κ3) is 1.88. The lowest BCUT2D eigenvalue weighted by Gasteiger charge is -2.08. The van der Waals surface area contributed by atoms with Crippen molar-refractivity contribution in [3.05, 3.63) is 27.5 Å².